The third-order valence-electron chi connectivity index (χ3n) is 3.46. The average molecular weight is 184 g/mol. The van der Waals surface area contributed by atoms with Crippen LogP contribution < -0.4 is 5.32 Å². The molecule has 2 aliphatic rings. The van der Waals surface area contributed by atoms with Crippen LogP contribution in [0.4, 0.5) is 0 Å². The van der Waals surface area contributed by atoms with Crippen molar-refractivity contribution in [2.45, 2.75) is 31.9 Å². The second-order valence-corrected chi connectivity index (χ2v) is 4.95. The number of hydrogen-bond donors (Lipinski definition) is 2. The van der Waals surface area contributed by atoms with Crippen molar-refractivity contribution in [3.05, 3.63) is 0 Å². The lowest BCUT2D eigenvalue weighted by Gasteiger charge is -2.48. The van der Waals surface area contributed by atoms with Crippen molar-refractivity contribution in [2.24, 2.45) is 5.92 Å². The maximum absolute atomic E-state index is 9.76. The van der Waals surface area contributed by atoms with Crippen LogP contribution in [0, 0.1) is 5.92 Å². The molecular weight excluding hydrogens is 164 g/mol. The first-order valence-electron chi connectivity index (χ1n) is 5.24. The van der Waals surface area contributed by atoms with E-state index in [9.17, 15) is 5.11 Å². The summed E-state index contributed by atoms with van der Waals surface area (Å²) in [6.07, 6.45) is 1.28. The maximum atomic E-state index is 9.76. The van der Waals surface area contributed by atoms with Gasteiger partial charge in [-0.05, 0) is 26.8 Å². The van der Waals surface area contributed by atoms with E-state index < -0.39 is 5.60 Å². The van der Waals surface area contributed by atoms with Gasteiger partial charge in [-0.25, -0.2) is 0 Å². The number of likely N-dealkylation sites (tertiary alicyclic amines) is 1. The average Bonchev–Trinajstić information content (AvgIpc) is 2.31. The molecule has 0 aliphatic carbocycles. The molecule has 0 unspecified atom stereocenters. The summed E-state index contributed by atoms with van der Waals surface area (Å²) in [5, 5.41) is 13.1. The third kappa shape index (κ3) is 1.87. The molecular formula is C10H20N2O. The Morgan fingerprint density at radius 2 is 2.08 bits per heavy atom. The second kappa shape index (κ2) is 3.23. The molecule has 2 fully saturated rings. The quantitative estimate of drug-likeness (QED) is 0.636. The molecule has 0 aromatic heterocycles. The van der Waals surface area contributed by atoms with Gasteiger partial charge in [0.15, 0.2) is 0 Å². The van der Waals surface area contributed by atoms with Crippen LogP contribution >= 0.6 is 0 Å². The Hall–Kier alpha value is -0.120. The van der Waals surface area contributed by atoms with Crippen LogP contribution in [-0.2, 0) is 0 Å². The van der Waals surface area contributed by atoms with Gasteiger partial charge in [0, 0.05) is 31.6 Å². The Morgan fingerprint density at radius 3 is 2.54 bits per heavy atom. The highest BCUT2D eigenvalue weighted by atomic mass is 16.3. The van der Waals surface area contributed by atoms with E-state index in [0.29, 0.717) is 5.92 Å². The molecule has 0 aromatic carbocycles. The van der Waals surface area contributed by atoms with Gasteiger partial charge in [0.1, 0.15) is 0 Å². The SMILES string of the molecule is CC(C)(O)C1CN([C@@H]2CCNC2)C1. The topological polar surface area (TPSA) is 35.5 Å². The Balaban J connectivity index is 1.78. The van der Waals surface area contributed by atoms with Crippen molar-refractivity contribution < 1.29 is 5.11 Å². The summed E-state index contributed by atoms with van der Waals surface area (Å²) in [5.41, 5.74) is -0.484. The third-order valence-corrected chi connectivity index (χ3v) is 3.46. The molecule has 2 N–H and O–H groups in total. The van der Waals surface area contributed by atoms with Crippen LogP contribution in [0.5, 0.6) is 0 Å². The Kier molecular flexibility index (Phi) is 2.34. The molecule has 0 amide bonds. The van der Waals surface area contributed by atoms with Gasteiger partial charge in [-0.15, -0.1) is 0 Å². The van der Waals surface area contributed by atoms with Gasteiger partial charge in [-0.1, -0.05) is 0 Å². The number of aliphatic hydroxyl groups is 1. The van der Waals surface area contributed by atoms with E-state index in [2.05, 4.69) is 10.2 Å². The monoisotopic (exact) mass is 184 g/mol. The minimum absolute atomic E-state index is 0.480. The van der Waals surface area contributed by atoms with Crippen LogP contribution in [0.25, 0.3) is 0 Å². The van der Waals surface area contributed by atoms with Crippen molar-refractivity contribution in [3.8, 4) is 0 Å². The highest BCUT2D eigenvalue weighted by Gasteiger charge is 2.40. The number of hydrogen-bond acceptors (Lipinski definition) is 3. The zero-order valence-corrected chi connectivity index (χ0v) is 8.58. The van der Waals surface area contributed by atoms with E-state index in [1.807, 2.05) is 13.8 Å². The fraction of sp³-hybridized carbons (Fsp3) is 1.00. The second-order valence-electron chi connectivity index (χ2n) is 4.95. The van der Waals surface area contributed by atoms with Gasteiger partial charge >= 0.3 is 0 Å². The summed E-state index contributed by atoms with van der Waals surface area (Å²) >= 11 is 0. The minimum Gasteiger partial charge on any atom is -0.390 e. The molecule has 0 radical (unpaired) electrons. The molecule has 2 rings (SSSR count). The van der Waals surface area contributed by atoms with E-state index in [0.717, 1.165) is 32.2 Å². The summed E-state index contributed by atoms with van der Waals surface area (Å²) in [4.78, 5) is 2.49. The molecule has 2 saturated heterocycles. The lowest BCUT2D eigenvalue weighted by Crippen LogP contribution is -2.59. The number of nitrogens with zero attached hydrogens (tertiary/aromatic N) is 1. The van der Waals surface area contributed by atoms with Crippen molar-refractivity contribution >= 4 is 0 Å². The first-order chi connectivity index (χ1) is 6.07. The largest absolute Gasteiger partial charge is 0.390 e. The fourth-order valence-corrected chi connectivity index (χ4v) is 2.21. The highest BCUT2D eigenvalue weighted by molar-refractivity contribution is 4.95. The molecule has 0 bridgehead atoms. The van der Waals surface area contributed by atoms with E-state index in [-0.39, 0.29) is 0 Å². The normalized spacial score (nSPS) is 32.1. The first kappa shape index (κ1) is 9.44. The molecule has 0 spiro atoms. The smallest absolute Gasteiger partial charge is 0.0644 e. The molecule has 2 aliphatic heterocycles. The predicted octanol–water partition coefficient (Wildman–Crippen LogP) is 0.0510. The van der Waals surface area contributed by atoms with E-state index in [1.54, 1.807) is 0 Å². The predicted molar refractivity (Wildman–Crippen MR) is 52.6 cm³/mol. The molecule has 0 aromatic rings. The maximum Gasteiger partial charge on any atom is 0.0644 e. The van der Waals surface area contributed by atoms with Crippen molar-refractivity contribution in [1.29, 1.82) is 0 Å². The molecule has 3 nitrogen and oxygen atoms in total. The summed E-state index contributed by atoms with van der Waals surface area (Å²) in [6, 6.07) is 0.735. The summed E-state index contributed by atoms with van der Waals surface area (Å²) in [7, 11) is 0. The molecule has 2 heterocycles. The molecule has 1 atom stereocenters. The van der Waals surface area contributed by atoms with Gasteiger partial charge in [0.2, 0.25) is 0 Å². The van der Waals surface area contributed by atoms with Gasteiger partial charge in [-0.3, -0.25) is 4.90 Å². The summed E-state index contributed by atoms with van der Waals surface area (Å²) in [6.45, 7) is 8.29. The van der Waals surface area contributed by atoms with E-state index in [1.165, 1.54) is 6.42 Å². The number of nitrogens with one attached hydrogen (secondary N) is 1. The van der Waals surface area contributed by atoms with Crippen LogP contribution in [-0.4, -0.2) is 47.8 Å². The van der Waals surface area contributed by atoms with Crippen LogP contribution in [0.1, 0.15) is 20.3 Å². The van der Waals surface area contributed by atoms with Crippen molar-refractivity contribution in [1.82, 2.24) is 10.2 Å². The van der Waals surface area contributed by atoms with Gasteiger partial charge < -0.3 is 10.4 Å². The fourth-order valence-electron chi connectivity index (χ4n) is 2.21. The zero-order valence-electron chi connectivity index (χ0n) is 8.58. The lowest BCUT2D eigenvalue weighted by molar-refractivity contribution is -0.0739. The Labute approximate surface area is 80.1 Å². The highest BCUT2D eigenvalue weighted by Crippen LogP contribution is 2.29. The number of rotatable bonds is 2. The van der Waals surface area contributed by atoms with Crippen LogP contribution in [0.3, 0.4) is 0 Å². The van der Waals surface area contributed by atoms with Crippen molar-refractivity contribution in [2.75, 3.05) is 26.2 Å². The molecule has 13 heavy (non-hydrogen) atoms. The van der Waals surface area contributed by atoms with Gasteiger partial charge in [0.05, 0.1) is 5.60 Å². The lowest BCUT2D eigenvalue weighted by atomic mass is 9.83. The Morgan fingerprint density at radius 1 is 1.38 bits per heavy atom. The molecule has 76 valence electrons. The standard InChI is InChI=1S/C10H20N2O/c1-10(2,13)8-6-12(7-8)9-3-4-11-5-9/h8-9,11,13H,3-7H2,1-2H3/t9-/m1/s1. The summed E-state index contributed by atoms with van der Waals surface area (Å²) in [5.74, 6) is 0.480. The summed E-state index contributed by atoms with van der Waals surface area (Å²) < 4.78 is 0. The van der Waals surface area contributed by atoms with Gasteiger partial charge in [-0.2, -0.15) is 0 Å². The van der Waals surface area contributed by atoms with Gasteiger partial charge in [0.25, 0.3) is 0 Å². The van der Waals surface area contributed by atoms with Crippen LogP contribution in [0.15, 0.2) is 0 Å². The Bertz CT molecular complexity index is 176. The van der Waals surface area contributed by atoms with Crippen molar-refractivity contribution in [3.63, 3.8) is 0 Å². The zero-order chi connectivity index (χ0) is 9.47. The molecule has 3 heteroatoms. The van der Waals surface area contributed by atoms with E-state index >= 15 is 0 Å². The van der Waals surface area contributed by atoms with E-state index in [4.69, 9.17) is 0 Å². The minimum atomic E-state index is -0.484. The van der Waals surface area contributed by atoms with Crippen LogP contribution in [0.2, 0.25) is 0 Å². The molecule has 0 saturated carbocycles. The first-order valence-corrected chi connectivity index (χ1v) is 5.24.